The molecule has 0 aliphatic carbocycles. The molecule has 184 valence electrons. The van der Waals surface area contributed by atoms with Gasteiger partial charge in [-0.05, 0) is 63.8 Å². The number of phenols is 1. The van der Waals surface area contributed by atoms with Gasteiger partial charge in [-0.3, -0.25) is 4.79 Å². The highest BCUT2D eigenvalue weighted by Gasteiger charge is 2.26. The van der Waals surface area contributed by atoms with Crippen LogP contribution in [0.3, 0.4) is 0 Å². The van der Waals surface area contributed by atoms with Crippen LogP contribution in [0.2, 0.25) is 0 Å². The number of nitrogens with zero attached hydrogens (tertiary/aromatic N) is 1. The lowest BCUT2D eigenvalue weighted by Crippen LogP contribution is -2.20. The second kappa shape index (κ2) is 10.8. The van der Waals surface area contributed by atoms with Crippen LogP contribution in [0.25, 0.3) is 0 Å². The summed E-state index contributed by atoms with van der Waals surface area (Å²) in [5.41, 5.74) is 5.86. The highest BCUT2D eigenvalue weighted by molar-refractivity contribution is 5.83. The van der Waals surface area contributed by atoms with Crippen molar-refractivity contribution in [3.63, 3.8) is 0 Å². The number of phenolic OH excluding ortho intramolecular Hbond substituents is 1. The smallest absolute Gasteiger partial charge is 0.240 e. The van der Waals surface area contributed by atoms with E-state index >= 15 is 0 Å². The Morgan fingerprint density at radius 3 is 2.09 bits per heavy atom. The number of carbonyl (C=O) groups excluding carboxylic acids is 1. The summed E-state index contributed by atoms with van der Waals surface area (Å²) in [7, 11) is 0. The number of hydrogen-bond donors (Lipinski definition) is 2. The highest BCUT2D eigenvalue weighted by atomic mass is 16.5. The van der Waals surface area contributed by atoms with Crippen molar-refractivity contribution in [1.82, 2.24) is 5.43 Å². The number of nitrogens with one attached hydrogen (secondary N) is 1. The number of amides is 1. The van der Waals surface area contributed by atoms with Crippen LogP contribution < -0.4 is 10.2 Å². The Morgan fingerprint density at radius 2 is 1.49 bits per heavy atom. The maximum absolute atomic E-state index is 12.4. The quantitative estimate of drug-likeness (QED) is 0.291. The minimum absolute atomic E-state index is 0.166. The van der Waals surface area contributed by atoms with E-state index < -0.39 is 0 Å². The van der Waals surface area contributed by atoms with Crippen molar-refractivity contribution in [3.05, 3.63) is 89.0 Å². The Bertz CT molecular complexity index is 1150. The molecule has 0 aliphatic heterocycles. The average molecular weight is 473 g/mol. The van der Waals surface area contributed by atoms with Gasteiger partial charge < -0.3 is 9.84 Å². The third-order valence-corrected chi connectivity index (χ3v) is 5.67. The molecular formula is C30H36N2O3. The molecule has 2 N–H and O–H groups in total. The minimum Gasteiger partial charge on any atom is -0.507 e. The Hall–Kier alpha value is -3.60. The van der Waals surface area contributed by atoms with E-state index in [2.05, 4.69) is 52.1 Å². The Morgan fingerprint density at radius 1 is 0.886 bits per heavy atom. The normalized spacial score (nSPS) is 12.1. The summed E-state index contributed by atoms with van der Waals surface area (Å²) in [6, 6.07) is 21.1. The first-order valence-electron chi connectivity index (χ1n) is 12.0. The van der Waals surface area contributed by atoms with Crippen LogP contribution in [0.5, 0.6) is 17.2 Å². The molecule has 0 saturated carbocycles. The molecule has 0 atom stereocenters. The summed E-state index contributed by atoms with van der Waals surface area (Å²) in [6.45, 7) is 12.5. The molecule has 0 unspecified atom stereocenters. The molecule has 0 aliphatic rings. The highest BCUT2D eigenvalue weighted by Crippen LogP contribution is 2.40. The molecule has 0 heterocycles. The van der Waals surface area contributed by atoms with Gasteiger partial charge in [0.25, 0.3) is 0 Å². The van der Waals surface area contributed by atoms with Crippen LogP contribution >= 0.6 is 0 Å². The molecule has 0 saturated heterocycles. The second-order valence-electron chi connectivity index (χ2n) is 10.8. The van der Waals surface area contributed by atoms with E-state index in [-0.39, 0.29) is 16.7 Å². The van der Waals surface area contributed by atoms with E-state index in [0.717, 1.165) is 28.0 Å². The van der Waals surface area contributed by atoms with Gasteiger partial charge in [0.15, 0.2) is 0 Å². The fourth-order valence-electron chi connectivity index (χ4n) is 3.76. The van der Waals surface area contributed by atoms with Gasteiger partial charge >= 0.3 is 0 Å². The van der Waals surface area contributed by atoms with Crippen LogP contribution in [-0.4, -0.2) is 17.2 Å². The number of carbonyl (C=O) groups is 1. The molecule has 0 spiro atoms. The zero-order valence-corrected chi connectivity index (χ0v) is 21.6. The Kier molecular flexibility index (Phi) is 8.00. The van der Waals surface area contributed by atoms with Crippen LogP contribution in [0.4, 0.5) is 0 Å². The van der Waals surface area contributed by atoms with Crippen molar-refractivity contribution in [2.24, 2.45) is 5.10 Å². The zero-order valence-electron chi connectivity index (χ0n) is 21.6. The molecule has 3 aromatic rings. The summed E-state index contributed by atoms with van der Waals surface area (Å²) in [6.07, 6.45) is 2.46. The van der Waals surface area contributed by atoms with Gasteiger partial charge in [-0.25, -0.2) is 5.43 Å². The number of rotatable bonds is 7. The van der Waals surface area contributed by atoms with Crippen molar-refractivity contribution in [2.75, 3.05) is 0 Å². The van der Waals surface area contributed by atoms with Crippen molar-refractivity contribution in [3.8, 4) is 17.2 Å². The van der Waals surface area contributed by atoms with Gasteiger partial charge in [0.1, 0.15) is 17.2 Å². The molecule has 5 heteroatoms. The van der Waals surface area contributed by atoms with Gasteiger partial charge in [-0.15, -0.1) is 0 Å². The third kappa shape index (κ3) is 7.44. The lowest BCUT2D eigenvalue weighted by atomic mass is 9.78. The van der Waals surface area contributed by atoms with E-state index in [1.807, 2.05) is 66.7 Å². The summed E-state index contributed by atoms with van der Waals surface area (Å²) in [4.78, 5) is 12.4. The first-order chi connectivity index (χ1) is 16.4. The van der Waals surface area contributed by atoms with Crippen molar-refractivity contribution >= 4 is 12.1 Å². The summed E-state index contributed by atoms with van der Waals surface area (Å²) in [5.74, 6) is 1.64. The fourth-order valence-corrected chi connectivity index (χ4v) is 3.76. The number of benzene rings is 3. The summed E-state index contributed by atoms with van der Waals surface area (Å²) < 4.78 is 5.84. The fraction of sp³-hybridized carbons (Fsp3) is 0.333. The van der Waals surface area contributed by atoms with Crippen LogP contribution in [0.15, 0.2) is 71.8 Å². The minimum atomic E-state index is -0.203. The van der Waals surface area contributed by atoms with Crippen LogP contribution in [0, 0.1) is 0 Å². The second-order valence-corrected chi connectivity index (χ2v) is 10.8. The molecule has 1 amide bonds. The zero-order chi connectivity index (χ0) is 25.6. The monoisotopic (exact) mass is 472 g/mol. The number of ether oxygens (including phenoxy) is 1. The number of aromatic hydroxyl groups is 1. The predicted octanol–water partition coefficient (Wildman–Crippen LogP) is 6.86. The van der Waals surface area contributed by atoms with Gasteiger partial charge in [0.2, 0.25) is 5.91 Å². The van der Waals surface area contributed by atoms with Gasteiger partial charge in [0.05, 0.1) is 6.21 Å². The van der Waals surface area contributed by atoms with Gasteiger partial charge in [-0.2, -0.15) is 5.10 Å². The lowest BCUT2D eigenvalue weighted by molar-refractivity contribution is -0.121. The van der Waals surface area contributed by atoms with Gasteiger partial charge in [-0.1, -0.05) is 84.0 Å². The van der Waals surface area contributed by atoms with Crippen LogP contribution in [0.1, 0.15) is 70.2 Å². The molecule has 35 heavy (non-hydrogen) atoms. The molecule has 0 radical (unpaired) electrons. The Labute approximate surface area is 208 Å². The largest absolute Gasteiger partial charge is 0.507 e. The molecule has 0 aromatic heterocycles. The van der Waals surface area contributed by atoms with E-state index in [4.69, 9.17) is 4.74 Å². The first kappa shape index (κ1) is 26.0. The first-order valence-corrected chi connectivity index (χ1v) is 12.0. The predicted molar refractivity (Wildman–Crippen MR) is 143 cm³/mol. The molecule has 0 fully saturated rings. The third-order valence-electron chi connectivity index (χ3n) is 5.67. The molecule has 0 bridgehead atoms. The maximum atomic E-state index is 12.4. The molecule has 5 nitrogen and oxygen atoms in total. The molecule has 3 rings (SSSR count). The number of hydrazone groups is 1. The van der Waals surface area contributed by atoms with Crippen molar-refractivity contribution in [1.29, 1.82) is 0 Å². The van der Waals surface area contributed by atoms with E-state index in [0.29, 0.717) is 24.3 Å². The SMILES string of the molecule is CC(C)(C)c1cc(CCC(=O)N/N=C\c2cccc(Oc3ccccc3)c2)cc(C(C)(C)C)c1O. The van der Waals surface area contributed by atoms with E-state index in [9.17, 15) is 9.90 Å². The number of para-hydroxylation sites is 1. The van der Waals surface area contributed by atoms with Crippen molar-refractivity contribution in [2.45, 2.75) is 65.2 Å². The average Bonchev–Trinajstić information content (AvgIpc) is 2.78. The summed E-state index contributed by atoms with van der Waals surface area (Å²) in [5, 5.41) is 15.0. The van der Waals surface area contributed by atoms with Crippen molar-refractivity contribution < 1.29 is 14.6 Å². The summed E-state index contributed by atoms with van der Waals surface area (Å²) >= 11 is 0. The molecule has 3 aromatic carbocycles. The van der Waals surface area contributed by atoms with Crippen LogP contribution in [-0.2, 0) is 22.0 Å². The number of hydrogen-bond acceptors (Lipinski definition) is 4. The van der Waals surface area contributed by atoms with E-state index in [1.54, 1.807) is 6.21 Å². The van der Waals surface area contributed by atoms with E-state index in [1.165, 1.54) is 0 Å². The van der Waals surface area contributed by atoms with Gasteiger partial charge in [0, 0.05) is 6.42 Å². The Balaban J connectivity index is 1.62. The number of aryl methyl sites for hydroxylation is 1. The standard InChI is InChI=1S/C30H36N2O3/c1-29(2,3)25-18-21(19-26(28(25)34)30(4,5)6)15-16-27(33)32-31-20-22-11-10-14-24(17-22)35-23-12-8-7-9-13-23/h7-14,17-20,34H,15-16H2,1-6H3,(H,32,33)/b31-20-. The maximum Gasteiger partial charge on any atom is 0.240 e. The molecular weight excluding hydrogens is 436 g/mol. The topological polar surface area (TPSA) is 70.9 Å². The lowest BCUT2D eigenvalue weighted by Gasteiger charge is -2.28.